The van der Waals surface area contributed by atoms with Gasteiger partial charge in [0.25, 0.3) is 5.91 Å². The minimum Gasteiger partial charge on any atom is -0.507 e. The van der Waals surface area contributed by atoms with E-state index in [2.05, 4.69) is 15.9 Å². The number of hydrogen-bond donors (Lipinski definition) is 1. The smallest absolute Gasteiger partial charge is 0.390 e. The van der Waals surface area contributed by atoms with Crippen LogP contribution in [0.1, 0.15) is 16.8 Å². The molecule has 1 aromatic rings. The molecule has 0 saturated heterocycles. The summed E-state index contributed by atoms with van der Waals surface area (Å²) >= 11 is 3.05. The Hall–Kier alpha value is -1.24. The van der Waals surface area contributed by atoms with Crippen molar-refractivity contribution in [3.63, 3.8) is 0 Å². The molecule has 0 aliphatic rings. The van der Waals surface area contributed by atoms with E-state index in [0.29, 0.717) is 4.47 Å². The maximum absolute atomic E-state index is 12.0. The zero-order valence-corrected chi connectivity index (χ0v) is 11.0. The molecule has 0 aliphatic heterocycles. The molecule has 0 spiro atoms. The molecule has 1 amide bonds. The molecule has 3 nitrogen and oxygen atoms in total. The van der Waals surface area contributed by atoms with E-state index < -0.39 is 25.0 Å². The minimum atomic E-state index is -4.30. The minimum absolute atomic E-state index is 0.134. The molecular formula is C11H11BrF3NO2. The van der Waals surface area contributed by atoms with Crippen LogP contribution in [0.5, 0.6) is 5.75 Å². The van der Waals surface area contributed by atoms with Crippen molar-refractivity contribution >= 4 is 21.8 Å². The van der Waals surface area contributed by atoms with Gasteiger partial charge in [-0.1, -0.05) is 0 Å². The normalized spacial score (nSPS) is 11.4. The van der Waals surface area contributed by atoms with Gasteiger partial charge >= 0.3 is 6.18 Å². The van der Waals surface area contributed by atoms with Crippen molar-refractivity contribution in [1.29, 1.82) is 0 Å². The number of phenolic OH excluding ortho intramolecular Hbond substituents is 1. The van der Waals surface area contributed by atoms with Crippen molar-refractivity contribution in [1.82, 2.24) is 4.90 Å². The lowest BCUT2D eigenvalue weighted by atomic mass is 10.2. The van der Waals surface area contributed by atoms with Crippen LogP contribution in [0.25, 0.3) is 0 Å². The first-order chi connectivity index (χ1) is 8.20. The molecule has 0 aliphatic carbocycles. The maximum atomic E-state index is 12.0. The Morgan fingerprint density at radius 3 is 2.56 bits per heavy atom. The average Bonchev–Trinajstić information content (AvgIpc) is 2.27. The van der Waals surface area contributed by atoms with Crippen molar-refractivity contribution in [2.24, 2.45) is 0 Å². The Bertz CT molecular complexity index is 448. The largest absolute Gasteiger partial charge is 0.507 e. The van der Waals surface area contributed by atoms with Gasteiger partial charge in [-0.3, -0.25) is 4.79 Å². The van der Waals surface area contributed by atoms with E-state index in [1.165, 1.54) is 25.2 Å². The molecule has 18 heavy (non-hydrogen) atoms. The van der Waals surface area contributed by atoms with Crippen LogP contribution in [0, 0.1) is 0 Å². The zero-order chi connectivity index (χ0) is 13.9. The number of aromatic hydroxyl groups is 1. The van der Waals surface area contributed by atoms with Gasteiger partial charge in [0, 0.05) is 19.2 Å². The summed E-state index contributed by atoms with van der Waals surface area (Å²) in [7, 11) is 1.28. The summed E-state index contributed by atoms with van der Waals surface area (Å²) in [6.07, 6.45) is -5.35. The second-order valence-corrected chi connectivity index (χ2v) is 4.61. The SMILES string of the molecule is CN(CCC(F)(F)F)C(=O)c1ccc(Br)c(O)c1. The van der Waals surface area contributed by atoms with E-state index in [1.807, 2.05) is 0 Å². The predicted molar refractivity (Wildman–Crippen MR) is 63.4 cm³/mol. The summed E-state index contributed by atoms with van der Waals surface area (Å²) < 4.78 is 36.5. The molecule has 1 rings (SSSR count). The summed E-state index contributed by atoms with van der Waals surface area (Å²) in [5, 5.41) is 9.39. The predicted octanol–water partition coefficient (Wildman–Crippen LogP) is 3.18. The van der Waals surface area contributed by atoms with E-state index in [4.69, 9.17) is 0 Å². The highest BCUT2D eigenvalue weighted by molar-refractivity contribution is 9.10. The first kappa shape index (κ1) is 14.8. The van der Waals surface area contributed by atoms with Crippen molar-refractivity contribution < 1.29 is 23.1 Å². The molecule has 0 atom stereocenters. The van der Waals surface area contributed by atoms with E-state index in [9.17, 15) is 23.1 Å². The third-order valence-corrected chi connectivity index (χ3v) is 2.94. The maximum Gasteiger partial charge on any atom is 0.390 e. The molecule has 0 unspecified atom stereocenters. The number of halogens is 4. The fraction of sp³-hybridized carbons (Fsp3) is 0.364. The fourth-order valence-corrected chi connectivity index (χ4v) is 1.51. The van der Waals surface area contributed by atoms with Crippen molar-refractivity contribution in [2.75, 3.05) is 13.6 Å². The van der Waals surface area contributed by atoms with Crippen LogP contribution >= 0.6 is 15.9 Å². The molecule has 100 valence electrons. The van der Waals surface area contributed by atoms with Gasteiger partial charge in [-0.15, -0.1) is 0 Å². The molecule has 0 heterocycles. The molecule has 0 radical (unpaired) electrons. The number of amides is 1. The van der Waals surface area contributed by atoms with E-state index in [0.717, 1.165) is 4.90 Å². The summed E-state index contributed by atoms with van der Waals surface area (Å²) in [4.78, 5) is 12.7. The average molecular weight is 326 g/mol. The Balaban J connectivity index is 2.71. The first-order valence-corrected chi connectivity index (χ1v) is 5.81. The molecule has 0 bridgehead atoms. The molecule has 0 fully saturated rings. The number of carbonyl (C=O) groups excluding carboxylic acids is 1. The lowest BCUT2D eigenvalue weighted by Gasteiger charge is -2.18. The van der Waals surface area contributed by atoms with Crippen molar-refractivity contribution in [3.05, 3.63) is 28.2 Å². The lowest BCUT2D eigenvalue weighted by Crippen LogP contribution is -2.30. The van der Waals surface area contributed by atoms with E-state index in [-0.39, 0.29) is 11.3 Å². The number of carbonyl (C=O) groups is 1. The number of nitrogens with zero attached hydrogens (tertiary/aromatic N) is 1. The summed E-state index contributed by atoms with van der Waals surface area (Å²) in [5.74, 6) is -0.702. The molecule has 1 aromatic carbocycles. The number of alkyl halides is 3. The molecule has 0 saturated carbocycles. The monoisotopic (exact) mass is 325 g/mol. The van der Waals surface area contributed by atoms with Gasteiger partial charge < -0.3 is 10.0 Å². The van der Waals surface area contributed by atoms with Gasteiger partial charge in [0.1, 0.15) is 5.75 Å². The topological polar surface area (TPSA) is 40.5 Å². The number of rotatable bonds is 3. The van der Waals surface area contributed by atoms with Crippen LogP contribution in [-0.4, -0.2) is 35.7 Å². The van der Waals surface area contributed by atoms with Crippen molar-refractivity contribution in [2.45, 2.75) is 12.6 Å². The van der Waals surface area contributed by atoms with Gasteiger partial charge in [-0.25, -0.2) is 0 Å². The molecule has 1 N–H and O–H groups in total. The van der Waals surface area contributed by atoms with Crippen LogP contribution in [0.4, 0.5) is 13.2 Å². The number of benzene rings is 1. The highest BCUT2D eigenvalue weighted by Gasteiger charge is 2.28. The van der Waals surface area contributed by atoms with Gasteiger partial charge in [-0.05, 0) is 34.1 Å². The number of phenols is 1. The van der Waals surface area contributed by atoms with E-state index >= 15 is 0 Å². The molecule has 7 heteroatoms. The zero-order valence-electron chi connectivity index (χ0n) is 9.46. The van der Waals surface area contributed by atoms with Crippen LogP contribution < -0.4 is 0 Å². The summed E-state index contributed by atoms with van der Waals surface area (Å²) in [6, 6.07) is 4.09. The standard InChI is InChI=1S/C11H11BrF3NO2/c1-16(5-4-11(13,14)15)10(18)7-2-3-8(12)9(17)6-7/h2-3,6,17H,4-5H2,1H3. The Morgan fingerprint density at radius 2 is 2.06 bits per heavy atom. The molecular weight excluding hydrogens is 315 g/mol. The second-order valence-electron chi connectivity index (χ2n) is 3.76. The highest BCUT2D eigenvalue weighted by Crippen LogP contribution is 2.25. The lowest BCUT2D eigenvalue weighted by molar-refractivity contribution is -0.136. The Morgan fingerprint density at radius 1 is 1.44 bits per heavy atom. The van der Waals surface area contributed by atoms with Crippen LogP contribution in [0.3, 0.4) is 0 Å². The first-order valence-electron chi connectivity index (χ1n) is 5.01. The van der Waals surface area contributed by atoms with Gasteiger partial charge in [0.05, 0.1) is 10.9 Å². The van der Waals surface area contributed by atoms with Gasteiger partial charge in [0.15, 0.2) is 0 Å². The third kappa shape index (κ3) is 4.21. The van der Waals surface area contributed by atoms with Crippen LogP contribution in [0.15, 0.2) is 22.7 Å². The summed E-state index contributed by atoms with van der Waals surface area (Å²) in [6.45, 7) is -0.418. The Labute approximate surface area is 110 Å². The highest BCUT2D eigenvalue weighted by atomic mass is 79.9. The third-order valence-electron chi connectivity index (χ3n) is 2.27. The Kier molecular flexibility index (Phi) is 4.61. The summed E-state index contributed by atoms with van der Waals surface area (Å²) in [5.41, 5.74) is 0.139. The van der Waals surface area contributed by atoms with E-state index in [1.54, 1.807) is 0 Å². The van der Waals surface area contributed by atoms with Crippen LogP contribution in [-0.2, 0) is 0 Å². The number of hydrogen-bond acceptors (Lipinski definition) is 2. The second kappa shape index (κ2) is 5.60. The van der Waals surface area contributed by atoms with Gasteiger partial charge in [-0.2, -0.15) is 13.2 Å². The fourth-order valence-electron chi connectivity index (χ4n) is 1.26. The van der Waals surface area contributed by atoms with Crippen molar-refractivity contribution in [3.8, 4) is 5.75 Å². The van der Waals surface area contributed by atoms with Gasteiger partial charge in [0.2, 0.25) is 0 Å². The molecule has 0 aromatic heterocycles. The quantitative estimate of drug-likeness (QED) is 0.927. The van der Waals surface area contributed by atoms with Crippen LogP contribution in [0.2, 0.25) is 0 Å².